The number of fused-ring (bicyclic) bond motifs is 1. The van der Waals surface area contributed by atoms with Gasteiger partial charge in [-0.3, -0.25) is 4.68 Å². The third kappa shape index (κ3) is 1.41. The fourth-order valence-corrected chi connectivity index (χ4v) is 1.78. The number of ether oxygens (including phenoxy) is 2. The van der Waals surface area contributed by atoms with E-state index in [4.69, 9.17) is 15.2 Å². The van der Waals surface area contributed by atoms with Gasteiger partial charge in [0.05, 0.1) is 5.69 Å². The Kier molecular flexibility index (Phi) is 1.98. The molecule has 2 heterocycles. The molecule has 0 unspecified atom stereocenters. The first-order valence-electron chi connectivity index (χ1n) is 5.05. The molecule has 0 bridgehead atoms. The molecule has 2 N–H and O–H groups in total. The van der Waals surface area contributed by atoms with Crippen LogP contribution in [0.2, 0.25) is 0 Å². The molecule has 0 aliphatic carbocycles. The molecule has 1 aliphatic heterocycles. The van der Waals surface area contributed by atoms with Gasteiger partial charge in [0.1, 0.15) is 5.82 Å². The van der Waals surface area contributed by atoms with Crippen molar-refractivity contribution in [3.8, 4) is 22.8 Å². The van der Waals surface area contributed by atoms with Crippen LogP contribution in [0.3, 0.4) is 0 Å². The first-order valence-corrected chi connectivity index (χ1v) is 5.05. The number of nitrogens with zero attached hydrogens (tertiary/aromatic N) is 2. The lowest BCUT2D eigenvalue weighted by atomic mass is 10.1. The highest BCUT2D eigenvalue weighted by molar-refractivity contribution is 5.73. The number of aromatic nitrogens is 2. The summed E-state index contributed by atoms with van der Waals surface area (Å²) in [5, 5.41) is 4.22. The molecule has 1 aromatic heterocycles. The van der Waals surface area contributed by atoms with Crippen LogP contribution in [0, 0.1) is 5.82 Å². The van der Waals surface area contributed by atoms with Gasteiger partial charge in [0, 0.05) is 18.7 Å². The van der Waals surface area contributed by atoms with E-state index >= 15 is 0 Å². The van der Waals surface area contributed by atoms with E-state index in [1.807, 2.05) is 0 Å². The SMILES string of the molecule is Cn1nc(-c2ccc(F)c3c2OCO3)cc1N. The Morgan fingerprint density at radius 2 is 2.12 bits per heavy atom. The largest absolute Gasteiger partial charge is 0.453 e. The smallest absolute Gasteiger partial charge is 0.231 e. The van der Waals surface area contributed by atoms with E-state index in [9.17, 15) is 4.39 Å². The lowest BCUT2D eigenvalue weighted by Gasteiger charge is -2.03. The summed E-state index contributed by atoms with van der Waals surface area (Å²) in [4.78, 5) is 0. The van der Waals surface area contributed by atoms with Crippen molar-refractivity contribution in [3.63, 3.8) is 0 Å². The van der Waals surface area contributed by atoms with Gasteiger partial charge >= 0.3 is 0 Å². The van der Waals surface area contributed by atoms with Crippen LogP contribution in [0.4, 0.5) is 10.2 Å². The Balaban J connectivity index is 2.19. The van der Waals surface area contributed by atoms with Crippen LogP contribution in [0.5, 0.6) is 11.5 Å². The molecule has 0 saturated heterocycles. The Hall–Kier alpha value is -2.24. The molecule has 6 heteroatoms. The Bertz CT molecular complexity index is 575. The fraction of sp³-hybridized carbons (Fsp3) is 0.182. The monoisotopic (exact) mass is 235 g/mol. The van der Waals surface area contributed by atoms with E-state index in [0.29, 0.717) is 22.8 Å². The minimum atomic E-state index is -0.440. The second kappa shape index (κ2) is 3.38. The maximum atomic E-state index is 13.4. The summed E-state index contributed by atoms with van der Waals surface area (Å²) >= 11 is 0. The first kappa shape index (κ1) is 9.95. The molecule has 1 aromatic carbocycles. The lowest BCUT2D eigenvalue weighted by molar-refractivity contribution is 0.171. The molecule has 0 fully saturated rings. The van der Waals surface area contributed by atoms with Crippen LogP contribution in [-0.2, 0) is 7.05 Å². The molecule has 88 valence electrons. The molecule has 2 aromatic rings. The Morgan fingerprint density at radius 1 is 1.35 bits per heavy atom. The van der Waals surface area contributed by atoms with Crippen LogP contribution in [0.1, 0.15) is 0 Å². The predicted octanol–water partition coefficient (Wildman–Crippen LogP) is 1.54. The fourth-order valence-electron chi connectivity index (χ4n) is 1.78. The highest BCUT2D eigenvalue weighted by Crippen LogP contribution is 2.42. The second-order valence-electron chi connectivity index (χ2n) is 3.74. The molecule has 0 radical (unpaired) electrons. The summed E-state index contributed by atoms with van der Waals surface area (Å²) in [5.74, 6) is 0.594. The average molecular weight is 235 g/mol. The molecule has 0 saturated carbocycles. The number of aryl methyl sites for hydroxylation is 1. The standard InChI is InChI=1S/C11H10FN3O2/c1-15-9(13)4-8(14-15)6-2-3-7(12)11-10(6)16-5-17-11/h2-4H,5,13H2,1H3. The number of nitrogen functional groups attached to an aromatic ring is 1. The van der Waals surface area contributed by atoms with Gasteiger partial charge in [-0.05, 0) is 12.1 Å². The van der Waals surface area contributed by atoms with Gasteiger partial charge in [-0.1, -0.05) is 0 Å². The number of hydrogen-bond donors (Lipinski definition) is 1. The maximum Gasteiger partial charge on any atom is 0.231 e. The number of halogens is 1. The highest BCUT2D eigenvalue weighted by atomic mass is 19.1. The van der Waals surface area contributed by atoms with Gasteiger partial charge in [-0.15, -0.1) is 0 Å². The molecular weight excluding hydrogens is 225 g/mol. The van der Waals surface area contributed by atoms with Crippen molar-refractivity contribution in [3.05, 3.63) is 24.0 Å². The van der Waals surface area contributed by atoms with Crippen molar-refractivity contribution in [2.24, 2.45) is 7.05 Å². The van der Waals surface area contributed by atoms with E-state index in [2.05, 4.69) is 5.10 Å². The number of nitrogens with two attached hydrogens (primary N) is 1. The molecule has 5 nitrogen and oxygen atoms in total. The first-order chi connectivity index (χ1) is 8.16. The summed E-state index contributed by atoms with van der Waals surface area (Å²) in [5.41, 5.74) is 7.01. The lowest BCUT2D eigenvalue weighted by Crippen LogP contribution is -1.96. The van der Waals surface area contributed by atoms with E-state index in [0.717, 1.165) is 0 Å². The minimum absolute atomic E-state index is 0.0194. The van der Waals surface area contributed by atoms with Gasteiger partial charge in [0.25, 0.3) is 0 Å². The number of hydrogen-bond acceptors (Lipinski definition) is 4. The van der Waals surface area contributed by atoms with Crippen LogP contribution in [0.15, 0.2) is 18.2 Å². The van der Waals surface area contributed by atoms with Crippen molar-refractivity contribution < 1.29 is 13.9 Å². The van der Waals surface area contributed by atoms with Crippen molar-refractivity contribution >= 4 is 5.82 Å². The molecule has 0 atom stereocenters. The average Bonchev–Trinajstić information content (AvgIpc) is 2.88. The third-order valence-corrected chi connectivity index (χ3v) is 2.66. The van der Waals surface area contributed by atoms with Crippen molar-refractivity contribution in [1.29, 1.82) is 0 Å². The molecule has 0 spiro atoms. The number of benzene rings is 1. The number of rotatable bonds is 1. The van der Waals surface area contributed by atoms with Crippen molar-refractivity contribution in [1.82, 2.24) is 9.78 Å². The van der Waals surface area contributed by atoms with E-state index in [1.165, 1.54) is 6.07 Å². The zero-order valence-corrected chi connectivity index (χ0v) is 9.11. The normalized spacial score (nSPS) is 13.1. The van der Waals surface area contributed by atoms with Crippen LogP contribution in [0.25, 0.3) is 11.3 Å². The van der Waals surface area contributed by atoms with E-state index < -0.39 is 5.82 Å². The molecule has 17 heavy (non-hydrogen) atoms. The second-order valence-corrected chi connectivity index (χ2v) is 3.74. The molecule has 1 aliphatic rings. The van der Waals surface area contributed by atoms with Crippen molar-refractivity contribution in [2.75, 3.05) is 12.5 Å². The quantitative estimate of drug-likeness (QED) is 0.814. The third-order valence-electron chi connectivity index (χ3n) is 2.66. The zero-order valence-electron chi connectivity index (χ0n) is 9.11. The van der Waals surface area contributed by atoms with Crippen LogP contribution in [-0.4, -0.2) is 16.6 Å². The summed E-state index contributed by atoms with van der Waals surface area (Å²) in [6, 6.07) is 4.63. The van der Waals surface area contributed by atoms with E-state index in [-0.39, 0.29) is 12.5 Å². The predicted molar refractivity (Wildman–Crippen MR) is 59.1 cm³/mol. The molecule has 0 amide bonds. The van der Waals surface area contributed by atoms with Crippen LogP contribution < -0.4 is 15.2 Å². The summed E-state index contributed by atoms with van der Waals surface area (Å²) in [6.45, 7) is 0.0194. The van der Waals surface area contributed by atoms with Gasteiger partial charge < -0.3 is 15.2 Å². The van der Waals surface area contributed by atoms with Gasteiger partial charge in [0.15, 0.2) is 11.6 Å². The Morgan fingerprint density at radius 3 is 2.82 bits per heavy atom. The number of anilines is 1. The van der Waals surface area contributed by atoms with Gasteiger partial charge in [0.2, 0.25) is 12.5 Å². The van der Waals surface area contributed by atoms with Crippen LogP contribution >= 0.6 is 0 Å². The van der Waals surface area contributed by atoms with E-state index in [1.54, 1.807) is 23.9 Å². The zero-order chi connectivity index (χ0) is 12.0. The molecular formula is C11H10FN3O2. The molecule has 3 rings (SSSR count). The maximum absolute atomic E-state index is 13.4. The van der Waals surface area contributed by atoms with Gasteiger partial charge in [-0.2, -0.15) is 5.10 Å². The topological polar surface area (TPSA) is 62.3 Å². The van der Waals surface area contributed by atoms with Gasteiger partial charge in [-0.25, -0.2) is 4.39 Å². The minimum Gasteiger partial charge on any atom is -0.453 e. The highest BCUT2D eigenvalue weighted by Gasteiger charge is 2.24. The summed E-state index contributed by atoms with van der Waals surface area (Å²) in [6.07, 6.45) is 0. The summed E-state index contributed by atoms with van der Waals surface area (Å²) in [7, 11) is 1.74. The Labute approximate surface area is 96.6 Å². The summed E-state index contributed by atoms with van der Waals surface area (Å²) < 4.78 is 25.3. The van der Waals surface area contributed by atoms with Crippen molar-refractivity contribution in [2.45, 2.75) is 0 Å².